The molecular formula is C11H23N. The lowest BCUT2D eigenvalue weighted by molar-refractivity contribution is 0.0351. The van der Waals surface area contributed by atoms with E-state index >= 15 is 0 Å². The fraction of sp³-hybridized carbons (Fsp3) is 1.00. The summed E-state index contributed by atoms with van der Waals surface area (Å²) in [5.41, 5.74) is 7.08. The van der Waals surface area contributed by atoms with Gasteiger partial charge in [-0.05, 0) is 37.0 Å². The Hall–Kier alpha value is -0.0400. The highest BCUT2D eigenvalue weighted by atomic mass is 14.8. The minimum absolute atomic E-state index is 0.0303. The Morgan fingerprint density at radius 3 is 1.75 bits per heavy atom. The minimum Gasteiger partial charge on any atom is -0.325 e. The van der Waals surface area contributed by atoms with E-state index in [9.17, 15) is 0 Å². The Balaban J connectivity index is 2.82. The Kier molecular flexibility index (Phi) is 2.07. The molecule has 0 spiro atoms. The van der Waals surface area contributed by atoms with Gasteiger partial charge in [-0.3, -0.25) is 0 Å². The summed E-state index contributed by atoms with van der Waals surface area (Å²) in [4.78, 5) is 0. The summed E-state index contributed by atoms with van der Waals surface area (Å²) < 4.78 is 0. The molecule has 1 heteroatoms. The molecule has 0 aliphatic heterocycles. The van der Waals surface area contributed by atoms with Crippen LogP contribution in [0.4, 0.5) is 0 Å². The number of nitrogens with two attached hydrogens (primary N) is 1. The van der Waals surface area contributed by atoms with E-state index in [2.05, 4.69) is 34.6 Å². The molecule has 0 saturated heterocycles. The molecule has 2 N–H and O–H groups in total. The van der Waals surface area contributed by atoms with E-state index in [1.807, 2.05) is 0 Å². The zero-order valence-corrected chi connectivity index (χ0v) is 9.20. The smallest absolute Gasteiger partial charge is 0.0177 e. The first-order valence-electron chi connectivity index (χ1n) is 4.95. The Bertz CT molecular complexity index is 177. The highest BCUT2D eigenvalue weighted by Gasteiger charge is 2.45. The van der Waals surface area contributed by atoms with Gasteiger partial charge in [0.25, 0.3) is 0 Å². The van der Waals surface area contributed by atoms with Gasteiger partial charge in [0.1, 0.15) is 0 Å². The maximum atomic E-state index is 6.28. The van der Waals surface area contributed by atoms with Crippen LogP contribution in [0.15, 0.2) is 0 Å². The lowest BCUT2D eigenvalue weighted by Crippen LogP contribution is -2.55. The third-order valence-electron chi connectivity index (χ3n) is 3.79. The van der Waals surface area contributed by atoms with Crippen LogP contribution in [0.1, 0.15) is 53.9 Å². The monoisotopic (exact) mass is 169 g/mol. The van der Waals surface area contributed by atoms with Gasteiger partial charge in [0.15, 0.2) is 0 Å². The van der Waals surface area contributed by atoms with Crippen LogP contribution in [0.25, 0.3) is 0 Å². The number of hydrogen-bond donors (Lipinski definition) is 1. The van der Waals surface area contributed by atoms with Crippen LogP contribution < -0.4 is 5.73 Å². The summed E-state index contributed by atoms with van der Waals surface area (Å²) in [7, 11) is 0. The van der Waals surface area contributed by atoms with Crippen molar-refractivity contribution in [1.82, 2.24) is 0 Å². The molecule has 0 heterocycles. The van der Waals surface area contributed by atoms with Crippen LogP contribution >= 0.6 is 0 Å². The average molecular weight is 169 g/mol. The fourth-order valence-electron chi connectivity index (χ4n) is 2.42. The molecule has 1 aliphatic rings. The summed E-state index contributed by atoms with van der Waals surface area (Å²) in [6, 6.07) is 0. The number of hydrogen-bond acceptors (Lipinski definition) is 1. The molecule has 1 saturated carbocycles. The predicted molar refractivity (Wildman–Crippen MR) is 54.0 cm³/mol. The molecule has 1 nitrogen and oxygen atoms in total. The summed E-state index contributed by atoms with van der Waals surface area (Å²) in [6.07, 6.45) is 3.67. The van der Waals surface area contributed by atoms with Crippen molar-refractivity contribution in [3.63, 3.8) is 0 Å². The van der Waals surface area contributed by atoms with Crippen molar-refractivity contribution in [2.24, 2.45) is 16.6 Å². The van der Waals surface area contributed by atoms with Crippen molar-refractivity contribution in [2.45, 2.75) is 59.4 Å². The molecule has 1 unspecified atom stereocenters. The van der Waals surface area contributed by atoms with E-state index < -0.39 is 0 Å². The second-order valence-electron chi connectivity index (χ2n) is 6.14. The molecule has 1 fully saturated rings. The molecule has 1 rings (SSSR count). The highest BCUT2D eigenvalue weighted by molar-refractivity contribution is 5.01. The molecule has 0 aromatic carbocycles. The normalized spacial score (nSPS) is 39.5. The van der Waals surface area contributed by atoms with Gasteiger partial charge in [-0.15, -0.1) is 0 Å². The average Bonchev–Trinajstić information content (AvgIpc) is 1.79. The summed E-state index contributed by atoms with van der Waals surface area (Å²) in [5, 5.41) is 0. The molecule has 1 aliphatic carbocycles. The first-order valence-corrected chi connectivity index (χ1v) is 4.95. The van der Waals surface area contributed by atoms with Crippen molar-refractivity contribution in [3.05, 3.63) is 0 Å². The Morgan fingerprint density at radius 1 is 0.917 bits per heavy atom. The van der Waals surface area contributed by atoms with Gasteiger partial charge in [0, 0.05) is 5.54 Å². The van der Waals surface area contributed by atoms with E-state index in [1.54, 1.807) is 0 Å². The fourth-order valence-corrected chi connectivity index (χ4v) is 2.42. The van der Waals surface area contributed by atoms with Crippen molar-refractivity contribution in [2.75, 3.05) is 0 Å². The van der Waals surface area contributed by atoms with Crippen molar-refractivity contribution >= 4 is 0 Å². The van der Waals surface area contributed by atoms with Crippen LogP contribution in [-0.2, 0) is 0 Å². The van der Waals surface area contributed by atoms with Crippen LogP contribution in [0.2, 0.25) is 0 Å². The van der Waals surface area contributed by atoms with Gasteiger partial charge >= 0.3 is 0 Å². The van der Waals surface area contributed by atoms with E-state index in [1.165, 1.54) is 12.8 Å². The lowest BCUT2D eigenvalue weighted by Gasteiger charge is -2.51. The maximum Gasteiger partial charge on any atom is 0.0177 e. The third kappa shape index (κ3) is 1.66. The predicted octanol–water partition coefficient (Wildman–Crippen LogP) is 2.94. The largest absolute Gasteiger partial charge is 0.325 e. The minimum atomic E-state index is 0.0303. The van der Waals surface area contributed by atoms with Gasteiger partial charge in [-0.25, -0.2) is 0 Å². The lowest BCUT2D eigenvalue weighted by atomic mass is 9.57. The van der Waals surface area contributed by atoms with Crippen LogP contribution in [-0.4, -0.2) is 5.54 Å². The number of rotatable bonds is 0. The molecule has 0 amide bonds. The summed E-state index contributed by atoms with van der Waals surface area (Å²) in [5.74, 6) is 0. The quantitative estimate of drug-likeness (QED) is 0.593. The van der Waals surface area contributed by atoms with E-state index in [4.69, 9.17) is 5.73 Å². The Morgan fingerprint density at radius 2 is 1.42 bits per heavy atom. The van der Waals surface area contributed by atoms with Gasteiger partial charge in [0.2, 0.25) is 0 Å². The second-order valence-corrected chi connectivity index (χ2v) is 6.14. The molecule has 0 radical (unpaired) electrons. The SMILES string of the molecule is CC1(C)CCC(C)(N)C(C)(C)C1. The first-order chi connectivity index (χ1) is 5.16. The third-order valence-corrected chi connectivity index (χ3v) is 3.79. The molecule has 12 heavy (non-hydrogen) atoms. The molecular weight excluding hydrogens is 146 g/mol. The first kappa shape index (κ1) is 10.0. The van der Waals surface area contributed by atoms with Crippen LogP contribution in [0.3, 0.4) is 0 Å². The van der Waals surface area contributed by atoms with Crippen molar-refractivity contribution in [3.8, 4) is 0 Å². The van der Waals surface area contributed by atoms with Crippen molar-refractivity contribution < 1.29 is 0 Å². The van der Waals surface area contributed by atoms with Crippen molar-refractivity contribution in [1.29, 1.82) is 0 Å². The molecule has 1 atom stereocenters. The topological polar surface area (TPSA) is 26.0 Å². The zero-order valence-electron chi connectivity index (χ0n) is 9.20. The van der Waals surface area contributed by atoms with Crippen LogP contribution in [0, 0.1) is 10.8 Å². The van der Waals surface area contributed by atoms with Gasteiger partial charge in [0.05, 0.1) is 0 Å². The molecule has 0 aromatic rings. The molecule has 0 bridgehead atoms. The summed E-state index contributed by atoms with van der Waals surface area (Å²) >= 11 is 0. The zero-order chi connectivity index (χ0) is 9.62. The van der Waals surface area contributed by atoms with Crippen LogP contribution in [0.5, 0.6) is 0 Å². The van der Waals surface area contributed by atoms with Gasteiger partial charge in [-0.2, -0.15) is 0 Å². The van der Waals surface area contributed by atoms with Gasteiger partial charge in [-0.1, -0.05) is 27.7 Å². The van der Waals surface area contributed by atoms with E-state index in [0.29, 0.717) is 5.41 Å². The highest BCUT2D eigenvalue weighted by Crippen LogP contribution is 2.49. The van der Waals surface area contributed by atoms with Gasteiger partial charge < -0.3 is 5.73 Å². The molecule has 0 aromatic heterocycles. The maximum absolute atomic E-state index is 6.28. The summed E-state index contributed by atoms with van der Waals surface area (Å²) in [6.45, 7) is 11.5. The van der Waals surface area contributed by atoms with E-state index in [-0.39, 0.29) is 11.0 Å². The second kappa shape index (κ2) is 2.47. The molecule has 72 valence electrons. The standard InChI is InChI=1S/C11H23N/c1-9(2)6-7-11(5,12)10(3,4)8-9/h6-8,12H2,1-5H3. The Labute approximate surface area is 76.7 Å². The van der Waals surface area contributed by atoms with E-state index in [0.717, 1.165) is 6.42 Å².